The lowest BCUT2D eigenvalue weighted by Crippen LogP contribution is -2.30. The first-order chi connectivity index (χ1) is 11.1. The number of hydrogen-bond acceptors (Lipinski definition) is 4. The molecule has 1 amide bonds. The summed E-state index contributed by atoms with van der Waals surface area (Å²) in [5.74, 6) is -1.35. The number of ether oxygens (including phenoxy) is 1. The number of amides is 1. The van der Waals surface area contributed by atoms with Gasteiger partial charge >= 0.3 is 0 Å². The molecule has 1 aromatic heterocycles. The minimum absolute atomic E-state index is 0.0596. The molecule has 2 rings (SSSR count). The second kappa shape index (κ2) is 8.28. The van der Waals surface area contributed by atoms with E-state index in [-0.39, 0.29) is 31.3 Å². The SMILES string of the molecule is O=C(CCCOc1ccc(F)cc1F)NC(CO)c1ccco1. The summed E-state index contributed by atoms with van der Waals surface area (Å²) in [6, 6.07) is 5.74. The van der Waals surface area contributed by atoms with Crippen LogP contribution in [0.1, 0.15) is 24.6 Å². The molecule has 0 saturated carbocycles. The number of halogens is 2. The van der Waals surface area contributed by atoms with Gasteiger partial charge in [-0.25, -0.2) is 8.78 Å². The highest BCUT2D eigenvalue weighted by Crippen LogP contribution is 2.18. The summed E-state index contributed by atoms with van der Waals surface area (Å²) in [6.07, 6.45) is 1.94. The van der Waals surface area contributed by atoms with Crippen LogP contribution < -0.4 is 10.1 Å². The van der Waals surface area contributed by atoms with Crippen molar-refractivity contribution in [2.75, 3.05) is 13.2 Å². The van der Waals surface area contributed by atoms with Crippen molar-refractivity contribution in [3.05, 3.63) is 54.0 Å². The fourth-order valence-electron chi connectivity index (χ4n) is 1.97. The van der Waals surface area contributed by atoms with Gasteiger partial charge in [-0.05, 0) is 30.7 Å². The summed E-state index contributed by atoms with van der Waals surface area (Å²) in [6.45, 7) is -0.170. The molecule has 0 spiro atoms. The average molecular weight is 325 g/mol. The summed E-state index contributed by atoms with van der Waals surface area (Å²) < 4.78 is 36.3. The summed E-state index contributed by atoms with van der Waals surface area (Å²) in [4.78, 5) is 11.8. The third kappa shape index (κ3) is 5.07. The van der Waals surface area contributed by atoms with Gasteiger partial charge in [0.1, 0.15) is 17.6 Å². The maximum atomic E-state index is 13.3. The first-order valence-electron chi connectivity index (χ1n) is 7.11. The van der Waals surface area contributed by atoms with Crippen molar-refractivity contribution in [1.82, 2.24) is 5.32 Å². The highest BCUT2D eigenvalue weighted by atomic mass is 19.1. The van der Waals surface area contributed by atoms with Crippen molar-refractivity contribution < 1.29 is 27.8 Å². The second-order valence-electron chi connectivity index (χ2n) is 4.84. The van der Waals surface area contributed by atoms with Crippen LogP contribution in [0, 0.1) is 11.6 Å². The zero-order valence-corrected chi connectivity index (χ0v) is 12.3. The Labute approximate surface area is 131 Å². The van der Waals surface area contributed by atoms with Gasteiger partial charge in [-0.3, -0.25) is 4.79 Å². The molecular weight excluding hydrogens is 308 g/mol. The molecule has 124 valence electrons. The highest BCUT2D eigenvalue weighted by molar-refractivity contribution is 5.76. The number of rotatable bonds is 8. The lowest BCUT2D eigenvalue weighted by atomic mass is 10.2. The van der Waals surface area contributed by atoms with Gasteiger partial charge in [0.2, 0.25) is 5.91 Å². The van der Waals surface area contributed by atoms with Crippen molar-refractivity contribution >= 4 is 5.91 Å². The molecule has 0 aliphatic carbocycles. The third-order valence-electron chi connectivity index (χ3n) is 3.10. The Hall–Kier alpha value is -2.41. The summed E-state index contributed by atoms with van der Waals surface area (Å²) in [5.41, 5.74) is 0. The number of hydrogen-bond donors (Lipinski definition) is 2. The van der Waals surface area contributed by atoms with Crippen LogP contribution in [-0.2, 0) is 4.79 Å². The van der Waals surface area contributed by atoms with Gasteiger partial charge in [-0.2, -0.15) is 0 Å². The van der Waals surface area contributed by atoms with E-state index in [1.807, 2.05) is 0 Å². The van der Waals surface area contributed by atoms with E-state index in [4.69, 9.17) is 9.15 Å². The quantitative estimate of drug-likeness (QED) is 0.732. The lowest BCUT2D eigenvalue weighted by Gasteiger charge is -2.14. The maximum Gasteiger partial charge on any atom is 0.220 e. The molecule has 7 heteroatoms. The number of carbonyl (C=O) groups is 1. The number of aliphatic hydroxyl groups excluding tert-OH is 1. The van der Waals surface area contributed by atoms with Gasteiger partial charge in [-0.15, -0.1) is 0 Å². The monoisotopic (exact) mass is 325 g/mol. The largest absolute Gasteiger partial charge is 0.491 e. The smallest absolute Gasteiger partial charge is 0.220 e. The van der Waals surface area contributed by atoms with Crippen molar-refractivity contribution in [3.8, 4) is 5.75 Å². The molecule has 1 heterocycles. The Kier molecular flexibility index (Phi) is 6.10. The molecule has 0 bridgehead atoms. The Morgan fingerprint density at radius 3 is 2.83 bits per heavy atom. The fourth-order valence-corrected chi connectivity index (χ4v) is 1.97. The van der Waals surface area contributed by atoms with Crippen LogP contribution in [0.5, 0.6) is 5.75 Å². The summed E-state index contributed by atoms with van der Waals surface area (Å²) in [5, 5.41) is 11.9. The van der Waals surface area contributed by atoms with Crippen LogP contribution >= 0.6 is 0 Å². The Bertz CT molecular complexity index is 631. The molecule has 0 saturated heterocycles. The molecule has 23 heavy (non-hydrogen) atoms. The zero-order valence-electron chi connectivity index (χ0n) is 12.3. The molecule has 1 aromatic carbocycles. The number of benzene rings is 1. The molecule has 1 unspecified atom stereocenters. The number of nitrogens with one attached hydrogen (secondary N) is 1. The van der Waals surface area contributed by atoms with Crippen LogP contribution in [0.25, 0.3) is 0 Å². The van der Waals surface area contributed by atoms with Crippen molar-refractivity contribution in [1.29, 1.82) is 0 Å². The van der Waals surface area contributed by atoms with Gasteiger partial charge in [-0.1, -0.05) is 0 Å². The predicted octanol–water partition coefficient (Wildman–Crippen LogP) is 2.57. The van der Waals surface area contributed by atoms with E-state index in [0.717, 1.165) is 12.1 Å². The van der Waals surface area contributed by atoms with E-state index in [0.29, 0.717) is 12.2 Å². The molecule has 0 aliphatic heterocycles. The van der Waals surface area contributed by atoms with E-state index >= 15 is 0 Å². The highest BCUT2D eigenvalue weighted by Gasteiger charge is 2.15. The molecule has 5 nitrogen and oxygen atoms in total. The molecule has 0 aliphatic rings. The number of aliphatic hydroxyl groups is 1. The molecule has 2 aromatic rings. The summed E-state index contributed by atoms with van der Waals surface area (Å²) in [7, 11) is 0. The standard InChI is InChI=1S/C16H17F2NO4/c17-11-5-6-14(12(18)9-11)22-8-2-4-16(21)19-13(10-20)15-3-1-7-23-15/h1,3,5-7,9,13,20H,2,4,8,10H2,(H,19,21). The van der Waals surface area contributed by atoms with Gasteiger partial charge < -0.3 is 19.6 Å². The van der Waals surface area contributed by atoms with E-state index in [1.54, 1.807) is 12.1 Å². The molecule has 2 N–H and O–H groups in total. The van der Waals surface area contributed by atoms with Gasteiger partial charge in [0.25, 0.3) is 0 Å². The number of carbonyl (C=O) groups excluding carboxylic acids is 1. The molecular formula is C16H17F2NO4. The topological polar surface area (TPSA) is 71.7 Å². The van der Waals surface area contributed by atoms with Gasteiger partial charge in [0, 0.05) is 12.5 Å². The van der Waals surface area contributed by atoms with Crippen LogP contribution in [-0.4, -0.2) is 24.2 Å². The minimum atomic E-state index is -0.785. The van der Waals surface area contributed by atoms with Crippen LogP contribution in [0.4, 0.5) is 8.78 Å². The lowest BCUT2D eigenvalue weighted by molar-refractivity contribution is -0.122. The normalized spacial score (nSPS) is 12.0. The van der Waals surface area contributed by atoms with E-state index < -0.39 is 17.7 Å². The van der Waals surface area contributed by atoms with Crippen LogP contribution in [0.2, 0.25) is 0 Å². The number of furan rings is 1. The Morgan fingerprint density at radius 1 is 1.35 bits per heavy atom. The van der Waals surface area contributed by atoms with Crippen LogP contribution in [0.3, 0.4) is 0 Å². The van der Waals surface area contributed by atoms with Crippen molar-refractivity contribution in [2.45, 2.75) is 18.9 Å². The maximum absolute atomic E-state index is 13.3. The second-order valence-corrected chi connectivity index (χ2v) is 4.84. The van der Waals surface area contributed by atoms with Crippen molar-refractivity contribution in [2.24, 2.45) is 0 Å². The fraction of sp³-hybridized carbons (Fsp3) is 0.312. The first-order valence-corrected chi connectivity index (χ1v) is 7.11. The predicted molar refractivity (Wildman–Crippen MR) is 77.8 cm³/mol. The Balaban J connectivity index is 1.72. The summed E-state index contributed by atoms with van der Waals surface area (Å²) >= 11 is 0. The van der Waals surface area contributed by atoms with Gasteiger partial charge in [0.15, 0.2) is 11.6 Å². The molecule has 1 atom stereocenters. The average Bonchev–Trinajstić information content (AvgIpc) is 3.05. The molecule has 0 radical (unpaired) electrons. The zero-order chi connectivity index (χ0) is 16.7. The molecule has 0 fully saturated rings. The Morgan fingerprint density at radius 2 is 2.17 bits per heavy atom. The van der Waals surface area contributed by atoms with E-state index in [1.165, 1.54) is 12.3 Å². The van der Waals surface area contributed by atoms with E-state index in [9.17, 15) is 18.7 Å². The van der Waals surface area contributed by atoms with Gasteiger partial charge in [0.05, 0.1) is 19.5 Å². The minimum Gasteiger partial charge on any atom is -0.491 e. The van der Waals surface area contributed by atoms with E-state index in [2.05, 4.69) is 5.32 Å². The van der Waals surface area contributed by atoms with Crippen molar-refractivity contribution in [3.63, 3.8) is 0 Å². The third-order valence-corrected chi connectivity index (χ3v) is 3.10. The van der Waals surface area contributed by atoms with Crippen LogP contribution in [0.15, 0.2) is 41.0 Å². The first kappa shape index (κ1) is 17.0.